The Bertz CT molecular complexity index is 845. The number of imide groups is 1. The number of hydrogen-bond acceptors (Lipinski definition) is 3. The first-order valence-electron chi connectivity index (χ1n) is 6.51. The van der Waals surface area contributed by atoms with Gasteiger partial charge >= 0.3 is 0 Å². The number of aromatic amines is 1. The molecule has 6 nitrogen and oxygen atoms in total. The molecule has 1 aliphatic rings. The van der Waals surface area contributed by atoms with Crippen molar-refractivity contribution in [2.75, 3.05) is 0 Å². The van der Waals surface area contributed by atoms with Gasteiger partial charge in [-0.25, -0.2) is 4.98 Å². The van der Waals surface area contributed by atoms with Gasteiger partial charge in [-0.3, -0.25) is 14.9 Å². The molecule has 1 atom stereocenters. The molecule has 3 aromatic rings. The Labute approximate surface area is 113 Å². The molecule has 4 heterocycles. The molecule has 0 saturated carbocycles. The maximum absolute atomic E-state index is 12.0. The zero-order chi connectivity index (χ0) is 13.7. The van der Waals surface area contributed by atoms with Crippen LogP contribution in [-0.2, 0) is 9.59 Å². The van der Waals surface area contributed by atoms with E-state index >= 15 is 0 Å². The summed E-state index contributed by atoms with van der Waals surface area (Å²) in [7, 11) is 0. The SMILES string of the molecule is O=C1CCC(n2ccc3cc4cc[nH]c4nc32)C(=O)N1. The minimum absolute atomic E-state index is 0.206. The molecule has 4 rings (SSSR count). The standard InChI is InChI=1S/C14H12N4O2/c19-11-2-1-10(14(20)16-11)18-6-4-9-7-8-3-5-15-12(8)17-13(9)18/h3-7,10H,1-2H2,(H,15,17)(H,16,19,20). The van der Waals surface area contributed by atoms with Gasteiger partial charge in [0.05, 0.1) is 0 Å². The number of fused-ring (bicyclic) bond motifs is 2. The van der Waals surface area contributed by atoms with Crippen LogP contribution >= 0.6 is 0 Å². The predicted octanol–water partition coefficient (Wildman–Crippen LogP) is 1.50. The van der Waals surface area contributed by atoms with Gasteiger partial charge in [-0.05, 0) is 24.6 Å². The zero-order valence-electron chi connectivity index (χ0n) is 10.6. The van der Waals surface area contributed by atoms with Gasteiger partial charge in [0.1, 0.15) is 17.3 Å². The van der Waals surface area contributed by atoms with Crippen molar-refractivity contribution >= 4 is 33.9 Å². The average Bonchev–Trinajstić information content (AvgIpc) is 3.02. The van der Waals surface area contributed by atoms with E-state index in [9.17, 15) is 9.59 Å². The lowest BCUT2D eigenvalue weighted by Gasteiger charge is -2.22. The van der Waals surface area contributed by atoms with Gasteiger partial charge in [0, 0.05) is 29.6 Å². The number of carbonyl (C=O) groups is 2. The van der Waals surface area contributed by atoms with Crippen molar-refractivity contribution in [1.82, 2.24) is 19.9 Å². The summed E-state index contributed by atoms with van der Waals surface area (Å²) < 4.78 is 1.84. The Kier molecular flexibility index (Phi) is 2.20. The lowest BCUT2D eigenvalue weighted by atomic mass is 10.1. The first kappa shape index (κ1) is 11.2. The zero-order valence-corrected chi connectivity index (χ0v) is 10.6. The molecule has 1 saturated heterocycles. The molecule has 0 spiro atoms. The second-order valence-corrected chi connectivity index (χ2v) is 5.01. The maximum Gasteiger partial charge on any atom is 0.249 e. The van der Waals surface area contributed by atoms with Crippen LogP contribution in [0.15, 0.2) is 30.6 Å². The number of nitrogens with zero attached hydrogens (tertiary/aromatic N) is 2. The third-order valence-corrected chi connectivity index (χ3v) is 3.75. The second kappa shape index (κ2) is 3.93. The first-order valence-corrected chi connectivity index (χ1v) is 6.51. The molecule has 0 aromatic carbocycles. The van der Waals surface area contributed by atoms with E-state index in [0.717, 1.165) is 22.1 Å². The minimum atomic E-state index is -0.370. The van der Waals surface area contributed by atoms with Gasteiger partial charge in [-0.1, -0.05) is 0 Å². The molecule has 20 heavy (non-hydrogen) atoms. The van der Waals surface area contributed by atoms with Crippen LogP contribution in [0.3, 0.4) is 0 Å². The molecule has 100 valence electrons. The molecule has 6 heteroatoms. The lowest BCUT2D eigenvalue weighted by molar-refractivity contribution is -0.135. The predicted molar refractivity (Wildman–Crippen MR) is 73.0 cm³/mol. The van der Waals surface area contributed by atoms with Crippen molar-refractivity contribution < 1.29 is 9.59 Å². The molecule has 2 amide bonds. The Balaban J connectivity index is 1.86. The van der Waals surface area contributed by atoms with E-state index in [1.807, 2.05) is 35.2 Å². The topological polar surface area (TPSA) is 79.8 Å². The van der Waals surface area contributed by atoms with Crippen LogP contribution in [-0.4, -0.2) is 26.3 Å². The van der Waals surface area contributed by atoms with E-state index in [2.05, 4.69) is 15.3 Å². The number of aromatic nitrogens is 3. The van der Waals surface area contributed by atoms with Gasteiger partial charge in [-0.2, -0.15) is 0 Å². The summed E-state index contributed by atoms with van der Waals surface area (Å²) in [5.74, 6) is -0.463. The van der Waals surface area contributed by atoms with E-state index < -0.39 is 0 Å². The summed E-state index contributed by atoms with van der Waals surface area (Å²) in [6.45, 7) is 0. The van der Waals surface area contributed by atoms with Crippen molar-refractivity contribution in [2.45, 2.75) is 18.9 Å². The molecule has 1 fully saturated rings. The van der Waals surface area contributed by atoms with Gasteiger partial charge in [0.15, 0.2) is 0 Å². The van der Waals surface area contributed by atoms with E-state index in [4.69, 9.17) is 0 Å². The average molecular weight is 268 g/mol. The molecular formula is C14H12N4O2. The van der Waals surface area contributed by atoms with Crippen LogP contribution in [0.5, 0.6) is 0 Å². The normalized spacial score (nSPS) is 19.7. The quantitative estimate of drug-likeness (QED) is 0.656. The van der Waals surface area contributed by atoms with E-state index in [1.54, 1.807) is 0 Å². The number of carbonyl (C=O) groups excluding carboxylic acids is 2. The van der Waals surface area contributed by atoms with E-state index in [1.165, 1.54) is 0 Å². The molecule has 0 bridgehead atoms. The number of nitrogens with one attached hydrogen (secondary N) is 2. The summed E-state index contributed by atoms with van der Waals surface area (Å²) in [4.78, 5) is 30.8. The van der Waals surface area contributed by atoms with Gasteiger partial charge in [-0.15, -0.1) is 0 Å². The highest BCUT2D eigenvalue weighted by Crippen LogP contribution is 2.26. The Morgan fingerprint density at radius 1 is 1.25 bits per heavy atom. The fraction of sp³-hybridized carbons (Fsp3) is 0.214. The van der Waals surface area contributed by atoms with Crippen LogP contribution < -0.4 is 5.32 Å². The first-order chi connectivity index (χ1) is 9.72. The Morgan fingerprint density at radius 3 is 3.00 bits per heavy atom. The molecule has 0 aliphatic carbocycles. The van der Waals surface area contributed by atoms with Gasteiger partial charge < -0.3 is 9.55 Å². The molecular weight excluding hydrogens is 256 g/mol. The third kappa shape index (κ3) is 1.54. The molecule has 2 N–H and O–H groups in total. The minimum Gasteiger partial charge on any atom is -0.346 e. The van der Waals surface area contributed by atoms with Crippen LogP contribution in [0.4, 0.5) is 0 Å². The molecule has 1 aliphatic heterocycles. The van der Waals surface area contributed by atoms with E-state index in [0.29, 0.717) is 12.8 Å². The fourth-order valence-electron chi connectivity index (χ4n) is 2.75. The molecule has 0 radical (unpaired) electrons. The maximum atomic E-state index is 12.0. The van der Waals surface area contributed by atoms with Crippen molar-refractivity contribution in [3.8, 4) is 0 Å². The van der Waals surface area contributed by atoms with Crippen molar-refractivity contribution in [1.29, 1.82) is 0 Å². The number of piperidine rings is 1. The van der Waals surface area contributed by atoms with Gasteiger partial charge in [0.2, 0.25) is 11.8 Å². The summed E-state index contributed by atoms with van der Waals surface area (Å²) >= 11 is 0. The molecule has 1 unspecified atom stereocenters. The van der Waals surface area contributed by atoms with Crippen molar-refractivity contribution in [3.05, 3.63) is 30.6 Å². The van der Waals surface area contributed by atoms with Crippen molar-refractivity contribution in [2.24, 2.45) is 0 Å². The third-order valence-electron chi connectivity index (χ3n) is 3.75. The summed E-state index contributed by atoms with van der Waals surface area (Å²) in [5.41, 5.74) is 1.55. The van der Waals surface area contributed by atoms with E-state index in [-0.39, 0.29) is 17.9 Å². The lowest BCUT2D eigenvalue weighted by Crippen LogP contribution is -2.41. The summed E-state index contributed by atoms with van der Waals surface area (Å²) in [5, 5.41) is 4.41. The number of pyridine rings is 1. The fourth-order valence-corrected chi connectivity index (χ4v) is 2.75. The second-order valence-electron chi connectivity index (χ2n) is 5.01. The monoisotopic (exact) mass is 268 g/mol. The Morgan fingerprint density at radius 2 is 2.15 bits per heavy atom. The number of H-pyrrole nitrogens is 1. The molecule has 3 aromatic heterocycles. The highest BCUT2D eigenvalue weighted by atomic mass is 16.2. The highest BCUT2D eigenvalue weighted by molar-refractivity contribution is 6.00. The van der Waals surface area contributed by atoms with Crippen LogP contribution in [0.25, 0.3) is 22.1 Å². The number of hydrogen-bond donors (Lipinski definition) is 2. The number of rotatable bonds is 1. The summed E-state index contributed by atoms with van der Waals surface area (Å²) in [6, 6.07) is 5.57. The summed E-state index contributed by atoms with van der Waals surface area (Å²) in [6.07, 6.45) is 4.57. The Hall–Kier alpha value is -2.63. The van der Waals surface area contributed by atoms with Gasteiger partial charge in [0.25, 0.3) is 0 Å². The highest BCUT2D eigenvalue weighted by Gasteiger charge is 2.28. The number of amides is 2. The smallest absolute Gasteiger partial charge is 0.249 e. The van der Waals surface area contributed by atoms with Crippen molar-refractivity contribution in [3.63, 3.8) is 0 Å². The van der Waals surface area contributed by atoms with Crippen LogP contribution in [0, 0.1) is 0 Å². The van der Waals surface area contributed by atoms with Crippen LogP contribution in [0.1, 0.15) is 18.9 Å². The largest absolute Gasteiger partial charge is 0.346 e. The van der Waals surface area contributed by atoms with Crippen LogP contribution in [0.2, 0.25) is 0 Å².